The Morgan fingerprint density at radius 2 is 2.06 bits per heavy atom. The number of nitrogens with zero attached hydrogens (tertiary/aromatic N) is 3. The molecule has 0 bridgehead atoms. The Morgan fingerprint density at radius 3 is 2.53 bits per heavy atom. The molecule has 2 rings (SSSR count). The Hall–Kier alpha value is -2.37. The predicted octanol–water partition coefficient (Wildman–Crippen LogP) is 1.11. The molecule has 0 aliphatic rings. The van der Waals surface area contributed by atoms with E-state index in [4.69, 9.17) is 10.8 Å². The van der Waals surface area contributed by atoms with E-state index >= 15 is 0 Å². The van der Waals surface area contributed by atoms with Gasteiger partial charge in [0.05, 0.1) is 5.69 Å². The first-order valence-electron chi connectivity index (χ1n) is 5.17. The Kier molecular flexibility index (Phi) is 2.78. The summed E-state index contributed by atoms with van der Waals surface area (Å²) >= 11 is 0. The lowest BCUT2D eigenvalue weighted by Gasteiger charge is -2.03. The second kappa shape index (κ2) is 4.25. The Bertz CT molecular complexity index is 545. The van der Waals surface area contributed by atoms with E-state index in [0.717, 1.165) is 6.42 Å². The van der Waals surface area contributed by atoms with E-state index in [2.05, 4.69) is 17.2 Å². The first-order valence-corrected chi connectivity index (χ1v) is 5.17. The van der Waals surface area contributed by atoms with Gasteiger partial charge in [0, 0.05) is 0 Å². The van der Waals surface area contributed by atoms with Crippen LogP contribution in [0, 0.1) is 0 Å². The highest BCUT2D eigenvalue weighted by Gasteiger charge is 2.16. The van der Waals surface area contributed by atoms with E-state index in [1.165, 1.54) is 10.2 Å². The number of anilines is 1. The smallest absolute Gasteiger partial charge is 0.360 e. The fraction of sp³-hybridized carbons (Fsp3) is 0.182. The van der Waals surface area contributed by atoms with Gasteiger partial charge in [-0.15, -0.1) is 5.10 Å². The number of aromatic nitrogens is 3. The van der Waals surface area contributed by atoms with Crippen molar-refractivity contribution in [2.24, 2.45) is 0 Å². The number of nitrogens with two attached hydrogens (primary N) is 1. The zero-order valence-corrected chi connectivity index (χ0v) is 9.29. The van der Waals surface area contributed by atoms with E-state index in [-0.39, 0.29) is 11.5 Å². The Morgan fingerprint density at radius 1 is 1.41 bits per heavy atom. The maximum atomic E-state index is 10.8. The molecule has 2 aromatic rings. The molecule has 0 spiro atoms. The predicted molar refractivity (Wildman–Crippen MR) is 62.1 cm³/mol. The second-order valence-electron chi connectivity index (χ2n) is 3.56. The molecule has 6 nitrogen and oxygen atoms in total. The lowest BCUT2D eigenvalue weighted by Crippen LogP contribution is -2.05. The Balaban J connectivity index is 2.42. The van der Waals surface area contributed by atoms with Gasteiger partial charge in [0.1, 0.15) is 0 Å². The van der Waals surface area contributed by atoms with Crippen LogP contribution in [0.25, 0.3) is 5.69 Å². The fourth-order valence-corrected chi connectivity index (χ4v) is 1.51. The number of carbonyl (C=O) groups is 1. The molecular formula is C11H12N4O2. The summed E-state index contributed by atoms with van der Waals surface area (Å²) in [5.41, 5.74) is 7.31. The van der Waals surface area contributed by atoms with E-state index in [9.17, 15) is 4.79 Å². The summed E-state index contributed by atoms with van der Waals surface area (Å²) in [6.07, 6.45) is 0.938. The highest BCUT2D eigenvalue weighted by atomic mass is 16.4. The number of hydrogen-bond acceptors (Lipinski definition) is 4. The number of aryl methyl sites for hydroxylation is 1. The number of hydrogen-bond donors (Lipinski definition) is 2. The summed E-state index contributed by atoms with van der Waals surface area (Å²) in [6, 6.07) is 7.54. The molecule has 0 saturated carbocycles. The molecule has 0 aliphatic carbocycles. The topological polar surface area (TPSA) is 94.0 Å². The highest BCUT2D eigenvalue weighted by Crippen LogP contribution is 2.15. The lowest BCUT2D eigenvalue weighted by atomic mass is 10.1. The molecule has 88 valence electrons. The van der Waals surface area contributed by atoms with Gasteiger partial charge in [-0.25, -0.2) is 4.79 Å². The summed E-state index contributed by atoms with van der Waals surface area (Å²) < 4.78 is 1.31. The second-order valence-corrected chi connectivity index (χ2v) is 3.56. The van der Waals surface area contributed by atoms with Crippen molar-refractivity contribution in [1.29, 1.82) is 0 Å². The van der Waals surface area contributed by atoms with E-state index in [0.29, 0.717) is 5.69 Å². The molecule has 3 N–H and O–H groups in total. The first-order chi connectivity index (χ1) is 8.13. The Labute approximate surface area is 97.7 Å². The molecule has 0 aliphatic heterocycles. The van der Waals surface area contributed by atoms with Crippen molar-refractivity contribution < 1.29 is 9.90 Å². The van der Waals surface area contributed by atoms with Crippen LogP contribution in [0.1, 0.15) is 23.0 Å². The average molecular weight is 232 g/mol. The standard InChI is InChI=1S/C11H12N4O2/c1-2-7-3-5-8(6-4-7)15-10(12)9(11(16)17)13-14-15/h3-6H,2,12H2,1H3,(H,16,17). The molecule has 1 heterocycles. The van der Waals surface area contributed by atoms with Crippen LogP contribution in [0.15, 0.2) is 24.3 Å². The molecule has 6 heteroatoms. The van der Waals surface area contributed by atoms with Crippen molar-refractivity contribution in [3.05, 3.63) is 35.5 Å². The fourth-order valence-electron chi connectivity index (χ4n) is 1.51. The normalized spacial score (nSPS) is 10.4. The molecule has 17 heavy (non-hydrogen) atoms. The molecule has 0 fully saturated rings. The number of nitrogen functional groups attached to an aromatic ring is 1. The third-order valence-corrected chi connectivity index (χ3v) is 2.50. The number of carboxylic acids is 1. The molecule has 1 aromatic heterocycles. The maximum Gasteiger partial charge on any atom is 0.360 e. The third-order valence-electron chi connectivity index (χ3n) is 2.50. The quantitative estimate of drug-likeness (QED) is 0.826. The molecular weight excluding hydrogens is 220 g/mol. The van der Waals surface area contributed by atoms with Crippen LogP contribution in [0.3, 0.4) is 0 Å². The van der Waals surface area contributed by atoms with Gasteiger partial charge in [-0.1, -0.05) is 24.3 Å². The van der Waals surface area contributed by atoms with Crippen LogP contribution < -0.4 is 5.73 Å². The molecule has 0 saturated heterocycles. The van der Waals surface area contributed by atoms with Crippen molar-refractivity contribution in [2.75, 3.05) is 5.73 Å². The highest BCUT2D eigenvalue weighted by molar-refractivity contribution is 5.90. The molecule has 0 atom stereocenters. The van der Waals surface area contributed by atoms with E-state index < -0.39 is 5.97 Å². The summed E-state index contributed by atoms with van der Waals surface area (Å²) in [4.78, 5) is 10.8. The number of rotatable bonds is 3. The maximum absolute atomic E-state index is 10.8. The minimum atomic E-state index is -1.18. The summed E-state index contributed by atoms with van der Waals surface area (Å²) in [7, 11) is 0. The molecule has 0 radical (unpaired) electrons. The summed E-state index contributed by atoms with van der Waals surface area (Å²) in [5, 5.41) is 16.1. The lowest BCUT2D eigenvalue weighted by molar-refractivity contribution is 0.0691. The molecule has 0 unspecified atom stereocenters. The van der Waals surface area contributed by atoms with Crippen molar-refractivity contribution >= 4 is 11.8 Å². The van der Waals surface area contributed by atoms with E-state index in [1.54, 1.807) is 0 Å². The summed E-state index contributed by atoms with van der Waals surface area (Å²) in [5.74, 6) is -1.15. The average Bonchev–Trinajstić information content (AvgIpc) is 2.71. The molecule has 1 aromatic carbocycles. The van der Waals surface area contributed by atoms with Gasteiger partial charge in [-0.3, -0.25) is 0 Å². The largest absolute Gasteiger partial charge is 0.476 e. The van der Waals surface area contributed by atoms with Gasteiger partial charge in [0.15, 0.2) is 5.82 Å². The van der Waals surface area contributed by atoms with Gasteiger partial charge < -0.3 is 10.8 Å². The van der Waals surface area contributed by atoms with Gasteiger partial charge in [-0.2, -0.15) is 4.68 Å². The van der Waals surface area contributed by atoms with Crippen LogP contribution in [-0.2, 0) is 6.42 Å². The van der Waals surface area contributed by atoms with Crippen LogP contribution in [0.4, 0.5) is 5.82 Å². The zero-order valence-electron chi connectivity index (χ0n) is 9.29. The number of aromatic carboxylic acids is 1. The zero-order chi connectivity index (χ0) is 12.4. The SMILES string of the molecule is CCc1ccc(-n2nnc(C(=O)O)c2N)cc1. The van der Waals surface area contributed by atoms with Gasteiger partial charge in [0.25, 0.3) is 0 Å². The van der Waals surface area contributed by atoms with Crippen molar-refractivity contribution in [1.82, 2.24) is 15.0 Å². The van der Waals surface area contributed by atoms with Crippen molar-refractivity contribution in [2.45, 2.75) is 13.3 Å². The van der Waals surface area contributed by atoms with E-state index in [1.807, 2.05) is 24.3 Å². The van der Waals surface area contributed by atoms with Gasteiger partial charge >= 0.3 is 5.97 Å². The number of benzene rings is 1. The number of carboxylic acid groups (broad SMARTS) is 1. The van der Waals surface area contributed by atoms with Crippen LogP contribution in [-0.4, -0.2) is 26.1 Å². The van der Waals surface area contributed by atoms with Gasteiger partial charge in [0.2, 0.25) is 5.69 Å². The van der Waals surface area contributed by atoms with Crippen LogP contribution >= 0.6 is 0 Å². The first kappa shape index (κ1) is 11.1. The van der Waals surface area contributed by atoms with Crippen molar-refractivity contribution in [3.63, 3.8) is 0 Å². The minimum Gasteiger partial charge on any atom is -0.476 e. The minimum absolute atomic E-state index is 0.0294. The van der Waals surface area contributed by atoms with Crippen molar-refractivity contribution in [3.8, 4) is 5.69 Å². The monoisotopic (exact) mass is 232 g/mol. The molecule has 0 amide bonds. The van der Waals surface area contributed by atoms with Crippen LogP contribution in [0.2, 0.25) is 0 Å². The van der Waals surface area contributed by atoms with Gasteiger partial charge in [-0.05, 0) is 24.1 Å². The third kappa shape index (κ3) is 1.96. The summed E-state index contributed by atoms with van der Waals surface area (Å²) in [6.45, 7) is 2.06. The van der Waals surface area contributed by atoms with Crippen LogP contribution in [0.5, 0.6) is 0 Å².